The van der Waals surface area contributed by atoms with Crippen LogP contribution in [-0.2, 0) is 17.8 Å². The van der Waals surface area contributed by atoms with Crippen molar-refractivity contribution in [1.82, 2.24) is 14.5 Å². The smallest absolute Gasteiger partial charge is 0.254 e. The third kappa shape index (κ3) is 6.88. The molecule has 0 saturated heterocycles. The van der Waals surface area contributed by atoms with Gasteiger partial charge in [-0.25, -0.2) is 0 Å². The van der Waals surface area contributed by atoms with Gasteiger partial charge in [-0.05, 0) is 63.8 Å². The molecule has 0 atom stereocenters. The van der Waals surface area contributed by atoms with Crippen LogP contribution in [0.1, 0.15) is 50.6 Å². The number of hydrogen-bond donors (Lipinski definition) is 2. The second kappa shape index (κ2) is 11.2. The van der Waals surface area contributed by atoms with E-state index in [0.29, 0.717) is 18.7 Å². The molecule has 0 bridgehead atoms. The van der Waals surface area contributed by atoms with Crippen molar-refractivity contribution in [3.8, 4) is 0 Å². The molecule has 6 nitrogen and oxygen atoms in total. The summed E-state index contributed by atoms with van der Waals surface area (Å²) < 4.78 is 1.70. The number of allylic oxidation sites excluding steroid dienone is 5. The standard InChI is InChI=1S/C25H34N4O2/c1-6-19(15-18(2)3)24-22(26)16-21(27-24)17-29-14-10-12-20(25(29)31)11-8-7-9-13-23(30)28(4)5/h6,9-10,12-16,27H,7-8,11,17,26H2,1-5H3/b13-9+,19-6-. The Bertz CT molecular complexity index is 1050. The molecule has 1 amide bonds. The molecule has 0 saturated carbocycles. The molecule has 6 heteroatoms. The minimum absolute atomic E-state index is 0.00104. The fourth-order valence-corrected chi connectivity index (χ4v) is 3.29. The first-order valence-electron chi connectivity index (χ1n) is 10.6. The average molecular weight is 423 g/mol. The zero-order valence-electron chi connectivity index (χ0n) is 19.2. The van der Waals surface area contributed by atoms with E-state index in [0.717, 1.165) is 35.4 Å². The number of H-pyrrole nitrogens is 1. The number of aromatic amines is 1. The summed E-state index contributed by atoms with van der Waals surface area (Å²) in [6, 6.07) is 5.66. The Morgan fingerprint density at radius 3 is 2.68 bits per heavy atom. The summed E-state index contributed by atoms with van der Waals surface area (Å²) >= 11 is 0. The normalized spacial score (nSPS) is 11.7. The summed E-state index contributed by atoms with van der Waals surface area (Å²) in [5.41, 5.74) is 11.7. The predicted molar refractivity (Wildman–Crippen MR) is 129 cm³/mol. The summed E-state index contributed by atoms with van der Waals surface area (Å²) in [4.78, 5) is 29.3. The molecule has 0 aliphatic rings. The molecule has 0 aliphatic heterocycles. The number of nitrogens with one attached hydrogen (secondary N) is 1. The van der Waals surface area contributed by atoms with E-state index in [-0.39, 0.29) is 11.5 Å². The van der Waals surface area contributed by atoms with Crippen molar-refractivity contribution in [3.05, 3.63) is 81.6 Å². The van der Waals surface area contributed by atoms with Crippen LogP contribution in [0, 0.1) is 0 Å². The van der Waals surface area contributed by atoms with Gasteiger partial charge in [0, 0.05) is 31.5 Å². The topological polar surface area (TPSA) is 84.1 Å². The van der Waals surface area contributed by atoms with Gasteiger partial charge in [-0.3, -0.25) is 9.59 Å². The molecule has 2 heterocycles. The van der Waals surface area contributed by atoms with E-state index in [1.54, 1.807) is 30.9 Å². The van der Waals surface area contributed by atoms with Crippen molar-refractivity contribution < 1.29 is 4.79 Å². The van der Waals surface area contributed by atoms with Crippen LogP contribution in [0.2, 0.25) is 0 Å². The zero-order valence-corrected chi connectivity index (χ0v) is 19.2. The zero-order chi connectivity index (χ0) is 23.0. The van der Waals surface area contributed by atoms with E-state index in [1.807, 2.05) is 51.1 Å². The molecule has 2 rings (SSSR count). The summed E-state index contributed by atoms with van der Waals surface area (Å²) in [5, 5.41) is 0. The number of carbonyl (C=O) groups is 1. The van der Waals surface area contributed by atoms with Crippen LogP contribution in [0.5, 0.6) is 0 Å². The number of likely N-dealkylation sites (N-methyl/N-ethyl adjacent to an activating group) is 1. The number of hydrogen-bond acceptors (Lipinski definition) is 3. The van der Waals surface area contributed by atoms with Crippen LogP contribution in [0.4, 0.5) is 5.69 Å². The largest absolute Gasteiger partial charge is 0.397 e. The molecule has 31 heavy (non-hydrogen) atoms. The molecule has 3 N–H and O–H groups in total. The highest BCUT2D eigenvalue weighted by molar-refractivity contribution is 5.87. The third-order valence-corrected chi connectivity index (χ3v) is 4.91. The Hall–Kier alpha value is -3.28. The maximum atomic E-state index is 12.9. The van der Waals surface area contributed by atoms with Crippen LogP contribution in [-0.4, -0.2) is 34.5 Å². The molecule has 2 aromatic rings. The van der Waals surface area contributed by atoms with E-state index in [9.17, 15) is 9.59 Å². The van der Waals surface area contributed by atoms with Gasteiger partial charge in [-0.2, -0.15) is 0 Å². The monoisotopic (exact) mass is 422 g/mol. The SMILES string of the molecule is C/C=C(/C=C(C)C)c1[nH]c(Cn2cccc(CCC/C=C/C(=O)N(C)C)c2=O)cc1N. The first kappa shape index (κ1) is 24.0. The van der Waals surface area contributed by atoms with Crippen LogP contribution in [0.3, 0.4) is 0 Å². The lowest BCUT2D eigenvalue weighted by atomic mass is 10.1. The molecule has 0 unspecified atom stereocenters. The second-order valence-corrected chi connectivity index (χ2v) is 8.08. The molecule has 166 valence electrons. The van der Waals surface area contributed by atoms with Gasteiger partial charge in [0.25, 0.3) is 5.56 Å². The Morgan fingerprint density at radius 2 is 2.03 bits per heavy atom. The maximum absolute atomic E-state index is 12.9. The second-order valence-electron chi connectivity index (χ2n) is 8.08. The quantitative estimate of drug-likeness (QED) is 0.362. The van der Waals surface area contributed by atoms with Crippen molar-refractivity contribution in [2.24, 2.45) is 0 Å². The third-order valence-electron chi connectivity index (χ3n) is 4.91. The molecule has 0 radical (unpaired) electrons. The van der Waals surface area contributed by atoms with Gasteiger partial charge in [-0.1, -0.05) is 29.9 Å². The van der Waals surface area contributed by atoms with Crippen molar-refractivity contribution >= 4 is 17.2 Å². The number of aryl methyl sites for hydroxylation is 1. The predicted octanol–water partition coefficient (Wildman–Crippen LogP) is 4.14. The molecule has 0 aliphatic carbocycles. The summed E-state index contributed by atoms with van der Waals surface area (Å²) in [5.74, 6) is -0.0303. The Balaban J connectivity index is 2.09. The summed E-state index contributed by atoms with van der Waals surface area (Å²) in [7, 11) is 3.45. The van der Waals surface area contributed by atoms with Gasteiger partial charge < -0.3 is 20.2 Å². The highest BCUT2D eigenvalue weighted by Gasteiger charge is 2.10. The number of unbranched alkanes of at least 4 members (excludes halogenated alkanes) is 1. The number of nitrogen functional groups attached to an aromatic ring is 1. The van der Waals surface area contributed by atoms with Crippen molar-refractivity contribution in [3.63, 3.8) is 0 Å². The van der Waals surface area contributed by atoms with Gasteiger partial charge in [0.2, 0.25) is 5.91 Å². The van der Waals surface area contributed by atoms with E-state index >= 15 is 0 Å². The molecular weight excluding hydrogens is 388 g/mol. The number of pyridine rings is 1. The first-order valence-corrected chi connectivity index (χ1v) is 10.6. The van der Waals surface area contributed by atoms with Crippen LogP contribution < -0.4 is 11.3 Å². The van der Waals surface area contributed by atoms with Crippen molar-refractivity contribution in [2.45, 2.75) is 46.6 Å². The number of rotatable bonds is 9. The molecule has 2 aromatic heterocycles. The van der Waals surface area contributed by atoms with Gasteiger partial charge in [-0.15, -0.1) is 0 Å². The highest BCUT2D eigenvalue weighted by Crippen LogP contribution is 2.24. The van der Waals surface area contributed by atoms with E-state index < -0.39 is 0 Å². The number of amides is 1. The Kier molecular flexibility index (Phi) is 8.67. The summed E-state index contributed by atoms with van der Waals surface area (Å²) in [6.45, 7) is 6.50. The lowest BCUT2D eigenvalue weighted by molar-refractivity contribution is -0.123. The molecule has 0 spiro atoms. The van der Waals surface area contributed by atoms with E-state index in [4.69, 9.17) is 5.73 Å². The van der Waals surface area contributed by atoms with Crippen molar-refractivity contribution in [1.29, 1.82) is 0 Å². The molecule has 0 fully saturated rings. The minimum Gasteiger partial charge on any atom is -0.397 e. The minimum atomic E-state index is -0.0303. The highest BCUT2D eigenvalue weighted by atomic mass is 16.2. The fourth-order valence-electron chi connectivity index (χ4n) is 3.29. The van der Waals surface area contributed by atoms with Gasteiger partial charge in [0.1, 0.15) is 0 Å². The van der Waals surface area contributed by atoms with Gasteiger partial charge in [0.15, 0.2) is 0 Å². The van der Waals surface area contributed by atoms with Crippen LogP contribution in [0.25, 0.3) is 5.57 Å². The van der Waals surface area contributed by atoms with Crippen LogP contribution in [0.15, 0.2) is 59.1 Å². The number of nitrogens with two attached hydrogens (primary N) is 1. The van der Waals surface area contributed by atoms with Gasteiger partial charge in [0.05, 0.1) is 17.9 Å². The van der Waals surface area contributed by atoms with Crippen molar-refractivity contribution in [2.75, 3.05) is 19.8 Å². The Morgan fingerprint density at radius 1 is 1.29 bits per heavy atom. The Labute approximate surface area is 184 Å². The first-order chi connectivity index (χ1) is 14.7. The summed E-state index contributed by atoms with van der Waals surface area (Å²) in [6.07, 6.45) is 11.6. The molecular formula is C25H34N4O2. The van der Waals surface area contributed by atoms with Gasteiger partial charge >= 0.3 is 0 Å². The lowest BCUT2D eigenvalue weighted by Gasteiger charge is -2.07. The average Bonchev–Trinajstić information content (AvgIpc) is 3.08. The lowest BCUT2D eigenvalue weighted by Crippen LogP contribution is -2.23. The van der Waals surface area contributed by atoms with Crippen LogP contribution >= 0.6 is 0 Å². The number of aromatic nitrogens is 2. The van der Waals surface area contributed by atoms with E-state index in [1.165, 1.54) is 10.5 Å². The van der Waals surface area contributed by atoms with E-state index in [2.05, 4.69) is 11.1 Å². The maximum Gasteiger partial charge on any atom is 0.254 e. The number of nitrogens with zero attached hydrogens (tertiary/aromatic N) is 2. The number of anilines is 1. The number of carbonyl (C=O) groups excluding carboxylic acids is 1. The fraction of sp³-hybridized carbons (Fsp3) is 0.360. The molecule has 0 aromatic carbocycles.